The Kier molecular flexibility index (Phi) is 4.11. The van der Waals surface area contributed by atoms with Crippen molar-refractivity contribution in [1.29, 1.82) is 0 Å². The first kappa shape index (κ1) is 12.5. The first-order valence-electron chi connectivity index (χ1n) is 5.66. The monoisotopic (exact) mass is 213 g/mol. The maximum Gasteiger partial charge on any atom is 0.234 e. The predicted octanol–water partition coefficient (Wildman–Crippen LogP) is 0.182. The number of nitrogens with two attached hydrogens (primary N) is 1. The van der Waals surface area contributed by atoms with Crippen molar-refractivity contribution in [3.05, 3.63) is 0 Å². The molecule has 15 heavy (non-hydrogen) atoms. The molecule has 0 aromatic heterocycles. The second-order valence-corrected chi connectivity index (χ2v) is 5.29. The molecule has 0 aromatic carbocycles. The van der Waals surface area contributed by atoms with Crippen LogP contribution in [0.1, 0.15) is 27.2 Å². The van der Waals surface area contributed by atoms with E-state index in [0.717, 1.165) is 19.5 Å². The van der Waals surface area contributed by atoms with Crippen molar-refractivity contribution in [1.82, 2.24) is 10.2 Å². The highest BCUT2D eigenvalue weighted by Gasteiger charge is 2.30. The standard InChI is InChI=1S/C11H23N3O/c1-11(2,3)9(7-12)14-6-4-5-13-10(15)8-14/h9H,4-8,12H2,1-3H3,(H,13,15). The maximum absolute atomic E-state index is 11.4. The number of nitrogens with one attached hydrogen (secondary N) is 1. The highest BCUT2D eigenvalue weighted by molar-refractivity contribution is 5.78. The van der Waals surface area contributed by atoms with E-state index in [4.69, 9.17) is 5.73 Å². The van der Waals surface area contributed by atoms with Gasteiger partial charge in [0.25, 0.3) is 0 Å². The van der Waals surface area contributed by atoms with Crippen LogP contribution in [0.5, 0.6) is 0 Å². The summed E-state index contributed by atoms with van der Waals surface area (Å²) in [5.74, 6) is 0.121. The van der Waals surface area contributed by atoms with Gasteiger partial charge in [0.05, 0.1) is 6.54 Å². The summed E-state index contributed by atoms with van der Waals surface area (Å²) in [7, 11) is 0. The van der Waals surface area contributed by atoms with Crippen molar-refractivity contribution in [3.63, 3.8) is 0 Å². The van der Waals surface area contributed by atoms with E-state index >= 15 is 0 Å². The van der Waals surface area contributed by atoms with Gasteiger partial charge in [-0.1, -0.05) is 20.8 Å². The van der Waals surface area contributed by atoms with Gasteiger partial charge < -0.3 is 11.1 Å². The van der Waals surface area contributed by atoms with Gasteiger partial charge in [0.15, 0.2) is 0 Å². The van der Waals surface area contributed by atoms with E-state index in [1.807, 2.05) is 0 Å². The van der Waals surface area contributed by atoms with Crippen LogP contribution in [0.2, 0.25) is 0 Å². The summed E-state index contributed by atoms with van der Waals surface area (Å²) in [6.45, 7) is 9.36. The number of rotatable bonds is 2. The fourth-order valence-electron chi connectivity index (χ4n) is 2.15. The van der Waals surface area contributed by atoms with Crippen LogP contribution >= 0.6 is 0 Å². The minimum absolute atomic E-state index is 0.121. The van der Waals surface area contributed by atoms with Gasteiger partial charge in [-0.05, 0) is 11.8 Å². The Balaban J connectivity index is 2.70. The van der Waals surface area contributed by atoms with Crippen LogP contribution in [0.25, 0.3) is 0 Å². The average molecular weight is 213 g/mol. The van der Waals surface area contributed by atoms with Crippen LogP contribution in [0.15, 0.2) is 0 Å². The van der Waals surface area contributed by atoms with E-state index in [-0.39, 0.29) is 17.4 Å². The summed E-state index contributed by atoms with van der Waals surface area (Å²) in [4.78, 5) is 13.7. The Morgan fingerprint density at radius 1 is 1.53 bits per heavy atom. The molecule has 88 valence electrons. The van der Waals surface area contributed by atoms with E-state index in [1.54, 1.807) is 0 Å². The molecular weight excluding hydrogens is 190 g/mol. The lowest BCUT2D eigenvalue weighted by molar-refractivity contribution is -0.122. The molecule has 0 radical (unpaired) electrons. The molecule has 0 saturated carbocycles. The van der Waals surface area contributed by atoms with Crippen molar-refractivity contribution in [2.24, 2.45) is 11.1 Å². The first-order chi connectivity index (χ1) is 6.95. The fraction of sp³-hybridized carbons (Fsp3) is 0.909. The third-order valence-electron chi connectivity index (χ3n) is 2.95. The van der Waals surface area contributed by atoms with Gasteiger partial charge in [0.2, 0.25) is 5.91 Å². The second-order valence-electron chi connectivity index (χ2n) is 5.29. The zero-order valence-electron chi connectivity index (χ0n) is 10.0. The van der Waals surface area contributed by atoms with E-state index < -0.39 is 0 Å². The highest BCUT2D eigenvalue weighted by atomic mass is 16.2. The van der Waals surface area contributed by atoms with Crippen LogP contribution in [-0.2, 0) is 4.79 Å². The summed E-state index contributed by atoms with van der Waals surface area (Å²) in [5, 5.41) is 2.88. The van der Waals surface area contributed by atoms with Gasteiger partial charge in [-0.15, -0.1) is 0 Å². The molecule has 3 N–H and O–H groups in total. The van der Waals surface area contributed by atoms with Crippen molar-refractivity contribution in [2.75, 3.05) is 26.2 Å². The zero-order valence-corrected chi connectivity index (χ0v) is 10.0. The lowest BCUT2D eigenvalue weighted by atomic mass is 9.85. The molecule has 0 aliphatic carbocycles. The minimum atomic E-state index is 0.121. The van der Waals surface area contributed by atoms with Crippen LogP contribution in [0, 0.1) is 5.41 Å². The van der Waals surface area contributed by atoms with Crippen molar-refractivity contribution < 1.29 is 4.79 Å². The molecule has 1 unspecified atom stereocenters. The van der Waals surface area contributed by atoms with Gasteiger partial charge in [-0.3, -0.25) is 9.69 Å². The Morgan fingerprint density at radius 3 is 2.73 bits per heavy atom. The lowest BCUT2D eigenvalue weighted by Gasteiger charge is -2.38. The van der Waals surface area contributed by atoms with E-state index in [0.29, 0.717) is 13.1 Å². The highest BCUT2D eigenvalue weighted by Crippen LogP contribution is 2.24. The minimum Gasteiger partial charge on any atom is -0.355 e. The molecule has 1 fully saturated rings. The summed E-state index contributed by atoms with van der Waals surface area (Å²) in [6.07, 6.45) is 1.01. The SMILES string of the molecule is CC(C)(C)C(CN)N1CCCNC(=O)C1. The number of hydrogen-bond donors (Lipinski definition) is 2. The molecule has 1 aliphatic heterocycles. The zero-order chi connectivity index (χ0) is 11.5. The van der Waals surface area contributed by atoms with Gasteiger partial charge in [-0.2, -0.15) is 0 Å². The van der Waals surface area contributed by atoms with Crippen molar-refractivity contribution >= 4 is 5.91 Å². The van der Waals surface area contributed by atoms with Gasteiger partial charge >= 0.3 is 0 Å². The second kappa shape index (κ2) is 4.94. The molecule has 4 heteroatoms. The average Bonchev–Trinajstić information content (AvgIpc) is 2.29. The van der Waals surface area contributed by atoms with Crippen molar-refractivity contribution in [2.45, 2.75) is 33.2 Å². The summed E-state index contributed by atoms with van der Waals surface area (Å²) >= 11 is 0. The number of carbonyl (C=O) groups excluding carboxylic acids is 1. The van der Waals surface area contributed by atoms with Crippen LogP contribution in [0.4, 0.5) is 0 Å². The summed E-state index contributed by atoms with van der Waals surface area (Å²) < 4.78 is 0. The smallest absolute Gasteiger partial charge is 0.234 e. The Labute approximate surface area is 92.2 Å². The molecule has 1 atom stereocenters. The van der Waals surface area contributed by atoms with Crippen LogP contribution in [-0.4, -0.2) is 43.0 Å². The molecule has 1 amide bonds. The van der Waals surface area contributed by atoms with Crippen LogP contribution < -0.4 is 11.1 Å². The third-order valence-corrected chi connectivity index (χ3v) is 2.95. The molecule has 0 aromatic rings. The summed E-state index contributed by atoms with van der Waals surface area (Å²) in [6, 6.07) is 0.279. The topological polar surface area (TPSA) is 58.4 Å². The predicted molar refractivity (Wildman–Crippen MR) is 61.5 cm³/mol. The number of amides is 1. The molecule has 1 heterocycles. The Bertz CT molecular complexity index is 222. The van der Waals surface area contributed by atoms with Crippen molar-refractivity contribution in [3.8, 4) is 0 Å². The normalized spacial score (nSPS) is 22.0. The molecule has 0 spiro atoms. The van der Waals surface area contributed by atoms with Gasteiger partial charge in [-0.25, -0.2) is 0 Å². The molecule has 1 saturated heterocycles. The quantitative estimate of drug-likeness (QED) is 0.688. The maximum atomic E-state index is 11.4. The van der Waals surface area contributed by atoms with E-state index in [2.05, 4.69) is 31.0 Å². The van der Waals surface area contributed by atoms with Gasteiger partial charge in [0, 0.05) is 25.7 Å². The third kappa shape index (κ3) is 3.47. The molecule has 4 nitrogen and oxygen atoms in total. The van der Waals surface area contributed by atoms with E-state index in [1.165, 1.54) is 0 Å². The molecule has 1 aliphatic rings. The fourth-order valence-corrected chi connectivity index (χ4v) is 2.15. The molecular formula is C11H23N3O. The Hall–Kier alpha value is -0.610. The molecule has 1 rings (SSSR count). The number of carbonyl (C=O) groups is 1. The summed E-state index contributed by atoms with van der Waals surface area (Å²) in [5.41, 5.74) is 5.94. The van der Waals surface area contributed by atoms with Gasteiger partial charge in [0.1, 0.15) is 0 Å². The number of nitrogens with zero attached hydrogens (tertiary/aromatic N) is 1. The number of hydrogen-bond acceptors (Lipinski definition) is 3. The Morgan fingerprint density at radius 2 is 2.20 bits per heavy atom. The first-order valence-corrected chi connectivity index (χ1v) is 5.66. The lowest BCUT2D eigenvalue weighted by Crippen LogP contribution is -2.50. The van der Waals surface area contributed by atoms with Crippen LogP contribution in [0.3, 0.4) is 0 Å². The largest absolute Gasteiger partial charge is 0.355 e. The van der Waals surface area contributed by atoms with E-state index in [9.17, 15) is 4.79 Å². The molecule has 0 bridgehead atoms.